The molecule has 31 heavy (non-hydrogen) atoms. The number of allylic oxidation sites excluding steroid dienone is 2. The van der Waals surface area contributed by atoms with Gasteiger partial charge in [0.2, 0.25) is 5.88 Å². The predicted octanol–water partition coefficient (Wildman–Crippen LogP) is 3.12. The number of nitrogens with one attached hydrogen (secondary N) is 1. The summed E-state index contributed by atoms with van der Waals surface area (Å²) in [4.78, 5) is 8.90. The Morgan fingerprint density at radius 1 is 1.19 bits per heavy atom. The van der Waals surface area contributed by atoms with Crippen molar-refractivity contribution < 1.29 is 17.9 Å². The SMILES string of the molecule is C=C/C1=C(\C)c2cc(ncc2C)Nc2cc(CS(=O)(=O)CCN)cc(n2)OCCCO1. The fourth-order valence-electron chi connectivity index (χ4n) is 3.28. The zero-order valence-corrected chi connectivity index (χ0v) is 18.7. The molecule has 166 valence electrons. The number of ether oxygens (including phenoxy) is 2. The molecular formula is C22H28N4O4S. The van der Waals surface area contributed by atoms with Gasteiger partial charge in [-0.1, -0.05) is 6.58 Å². The quantitative estimate of drug-likeness (QED) is 0.723. The van der Waals surface area contributed by atoms with Crippen LogP contribution in [0.15, 0.2) is 42.8 Å². The first kappa shape index (κ1) is 22.8. The number of sulfone groups is 1. The van der Waals surface area contributed by atoms with Crippen molar-refractivity contribution >= 4 is 27.0 Å². The number of fused-ring (bicyclic) bond motifs is 4. The van der Waals surface area contributed by atoms with Crippen LogP contribution < -0.4 is 15.8 Å². The highest BCUT2D eigenvalue weighted by Crippen LogP contribution is 2.27. The third-order valence-electron chi connectivity index (χ3n) is 4.79. The maximum atomic E-state index is 12.3. The van der Waals surface area contributed by atoms with Crippen LogP contribution in [-0.2, 0) is 20.3 Å². The summed E-state index contributed by atoms with van der Waals surface area (Å²) in [5, 5.41) is 3.17. The predicted molar refractivity (Wildman–Crippen MR) is 122 cm³/mol. The van der Waals surface area contributed by atoms with Crippen LogP contribution in [0.5, 0.6) is 5.88 Å². The van der Waals surface area contributed by atoms with E-state index in [9.17, 15) is 8.42 Å². The number of hydrogen-bond donors (Lipinski definition) is 2. The van der Waals surface area contributed by atoms with Crippen LogP contribution in [0.3, 0.4) is 0 Å². The van der Waals surface area contributed by atoms with Crippen molar-refractivity contribution in [3.05, 3.63) is 59.5 Å². The molecular weight excluding hydrogens is 416 g/mol. The molecule has 0 saturated heterocycles. The van der Waals surface area contributed by atoms with Crippen molar-refractivity contribution in [1.29, 1.82) is 0 Å². The summed E-state index contributed by atoms with van der Waals surface area (Å²) in [7, 11) is -3.33. The topological polar surface area (TPSA) is 116 Å². The van der Waals surface area contributed by atoms with Crippen LogP contribution in [0, 0.1) is 6.92 Å². The Balaban J connectivity index is 2.03. The van der Waals surface area contributed by atoms with Crippen molar-refractivity contribution in [2.24, 2.45) is 5.73 Å². The minimum atomic E-state index is -3.33. The van der Waals surface area contributed by atoms with Crippen LogP contribution in [-0.4, -0.2) is 43.9 Å². The zero-order chi connectivity index (χ0) is 22.4. The summed E-state index contributed by atoms with van der Waals surface area (Å²) < 4.78 is 36.2. The summed E-state index contributed by atoms with van der Waals surface area (Å²) in [5.74, 6) is 1.85. The Bertz CT molecular complexity index is 1100. The second-order valence-corrected chi connectivity index (χ2v) is 9.52. The molecule has 2 aromatic rings. The lowest BCUT2D eigenvalue weighted by Crippen LogP contribution is -2.17. The Kier molecular flexibility index (Phi) is 7.29. The van der Waals surface area contributed by atoms with Gasteiger partial charge >= 0.3 is 0 Å². The number of rotatable bonds is 5. The van der Waals surface area contributed by atoms with Gasteiger partial charge in [-0.2, -0.15) is 4.98 Å². The van der Waals surface area contributed by atoms with E-state index >= 15 is 0 Å². The van der Waals surface area contributed by atoms with Crippen LogP contribution in [0.4, 0.5) is 11.6 Å². The molecule has 0 spiro atoms. The largest absolute Gasteiger partial charge is 0.493 e. The fourth-order valence-corrected chi connectivity index (χ4v) is 4.46. The Labute approximate surface area is 183 Å². The third kappa shape index (κ3) is 6.05. The van der Waals surface area contributed by atoms with E-state index < -0.39 is 9.84 Å². The molecule has 0 radical (unpaired) electrons. The number of anilines is 2. The number of aromatic nitrogens is 2. The lowest BCUT2D eigenvalue weighted by molar-refractivity contribution is 0.191. The third-order valence-corrected chi connectivity index (χ3v) is 6.42. The fraction of sp³-hybridized carbons (Fsp3) is 0.364. The molecule has 9 heteroatoms. The van der Waals surface area contributed by atoms with Gasteiger partial charge < -0.3 is 20.5 Å². The Morgan fingerprint density at radius 3 is 2.71 bits per heavy atom. The van der Waals surface area contributed by atoms with E-state index in [1.807, 2.05) is 19.9 Å². The molecule has 0 unspecified atom stereocenters. The molecule has 3 N–H and O–H groups in total. The van der Waals surface area contributed by atoms with Crippen molar-refractivity contribution in [2.45, 2.75) is 26.0 Å². The molecule has 4 bridgehead atoms. The summed E-state index contributed by atoms with van der Waals surface area (Å²) in [6.07, 6.45) is 4.10. The Hall–Kier alpha value is -2.91. The number of pyridine rings is 2. The maximum absolute atomic E-state index is 12.3. The van der Waals surface area contributed by atoms with E-state index in [-0.39, 0.29) is 18.1 Å². The van der Waals surface area contributed by atoms with E-state index in [1.165, 1.54) is 0 Å². The normalized spacial score (nSPS) is 17.0. The first-order chi connectivity index (χ1) is 14.8. The molecule has 1 aliphatic rings. The highest BCUT2D eigenvalue weighted by Gasteiger charge is 2.15. The van der Waals surface area contributed by atoms with Crippen LogP contribution >= 0.6 is 0 Å². The molecule has 3 heterocycles. The minimum absolute atomic E-state index is 0.0776. The zero-order valence-electron chi connectivity index (χ0n) is 17.8. The van der Waals surface area contributed by atoms with Crippen molar-refractivity contribution in [1.82, 2.24) is 9.97 Å². The van der Waals surface area contributed by atoms with Crippen molar-refractivity contribution in [3.63, 3.8) is 0 Å². The lowest BCUT2D eigenvalue weighted by atomic mass is 10.0. The summed E-state index contributed by atoms with van der Waals surface area (Å²) in [6, 6.07) is 5.23. The van der Waals surface area contributed by atoms with Gasteiger partial charge in [-0.25, -0.2) is 13.4 Å². The van der Waals surface area contributed by atoms with Crippen LogP contribution in [0.2, 0.25) is 0 Å². The van der Waals surface area contributed by atoms with Crippen molar-refractivity contribution in [2.75, 3.05) is 30.8 Å². The Morgan fingerprint density at radius 2 is 1.97 bits per heavy atom. The first-order valence-corrected chi connectivity index (χ1v) is 11.9. The second-order valence-electron chi connectivity index (χ2n) is 7.33. The maximum Gasteiger partial charge on any atom is 0.215 e. The van der Waals surface area contributed by atoms with Gasteiger partial charge in [-0.3, -0.25) is 0 Å². The highest BCUT2D eigenvalue weighted by molar-refractivity contribution is 7.90. The number of aryl methyl sites for hydroxylation is 1. The summed E-state index contributed by atoms with van der Waals surface area (Å²) in [5.41, 5.74) is 8.92. The molecule has 2 aromatic heterocycles. The smallest absolute Gasteiger partial charge is 0.215 e. The highest BCUT2D eigenvalue weighted by atomic mass is 32.2. The summed E-state index contributed by atoms with van der Waals surface area (Å²) in [6.45, 7) is 8.72. The van der Waals surface area contributed by atoms with Gasteiger partial charge in [-0.15, -0.1) is 0 Å². The number of hydrogen-bond acceptors (Lipinski definition) is 8. The monoisotopic (exact) mass is 444 g/mol. The van der Waals surface area contributed by atoms with Gasteiger partial charge in [0.15, 0.2) is 9.84 Å². The molecule has 3 rings (SSSR count). The molecule has 0 saturated carbocycles. The number of nitrogens with two attached hydrogens (primary N) is 1. The second kappa shape index (κ2) is 9.93. The lowest BCUT2D eigenvalue weighted by Gasteiger charge is -2.16. The van der Waals surface area contributed by atoms with E-state index in [1.54, 1.807) is 24.4 Å². The standard InChI is InChI=1S/C22H28N4O4S/c1-4-19-16(3)18-12-20(24-13-15(18)2)25-21-10-17(14-31(27,28)9-6-23)11-22(26-21)30-8-5-7-29-19/h4,10-13H,1,5-9,14,23H2,2-3H3,(H,24,25,26)/b19-16-. The molecule has 1 aliphatic heterocycles. The van der Waals surface area contributed by atoms with Gasteiger partial charge in [0, 0.05) is 25.2 Å². The molecule has 0 aromatic carbocycles. The molecule has 0 atom stereocenters. The summed E-state index contributed by atoms with van der Waals surface area (Å²) >= 11 is 0. The van der Waals surface area contributed by atoms with Crippen molar-refractivity contribution in [3.8, 4) is 5.88 Å². The average Bonchev–Trinajstić information content (AvgIpc) is 2.70. The van der Waals surface area contributed by atoms with Crippen LogP contribution in [0.25, 0.3) is 5.57 Å². The first-order valence-electron chi connectivity index (χ1n) is 10.1. The van der Waals surface area contributed by atoms with E-state index in [4.69, 9.17) is 15.2 Å². The van der Waals surface area contributed by atoms with Gasteiger partial charge in [0.05, 0.1) is 24.7 Å². The number of nitrogens with zero attached hydrogens (tertiary/aromatic N) is 2. The average molecular weight is 445 g/mol. The van der Waals surface area contributed by atoms with Gasteiger partial charge in [0.25, 0.3) is 0 Å². The van der Waals surface area contributed by atoms with E-state index in [2.05, 4.69) is 21.9 Å². The minimum Gasteiger partial charge on any atom is -0.493 e. The van der Waals surface area contributed by atoms with Gasteiger partial charge in [0.1, 0.15) is 17.4 Å². The molecule has 0 aliphatic carbocycles. The molecule has 8 nitrogen and oxygen atoms in total. The van der Waals surface area contributed by atoms with Gasteiger partial charge in [-0.05, 0) is 54.3 Å². The van der Waals surface area contributed by atoms with E-state index in [0.717, 1.165) is 16.7 Å². The molecule has 0 fully saturated rings. The molecule has 0 amide bonds. The van der Waals surface area contributed by atoms with E-state index in [0.29, 0.717) is 48.5 Å². The van der Waals surface area contributed by atoms with Crippen LogP contribution in [0.1, 0.15) is 30.0 Å².